The van der Waals surface area contributed by atoms with Crippen molar-refractivity contribution >= 4 is 5.96 Å². The first-order valence-corrected chi connectivity index (χ1v) is 6.68. The lowest BCUT2D eigenvalue weighted by atomic mass is 10.1. The van der Waals surface area contributed by atoms with Crippen molar-refractivity contribution in [1.29, 1.82) is 0 Å². The molecule has 0 aliphatic carbocycles. The fourth-order valence-corrected chi connectivity index (χ4v) is 1.52. The summed E-state index contributed by atoms with van der Waals surface area (Å²) < 4.78 is 5.62. The van der Waals surface area contributed by atoms with E-state index in [-0.39, 0.29) is 5.54 Å². The number of aliphatic imine (C=N–C) groups is 1. The lowest BCUT2D eigenvalue weighted by Crippen LogP contribution is -2.47. The fourth-order valence-electron chi connectivity index (χ4n) is 1.52. The Hall–Kier alpha value is -1.71. The molecule has 0 unspecified atom stereocenters. The van der Waals surface area contributed by atoms with Gasteiger partial charge in [-0.2, -0.15) is 0 Å². The number of ether oxygens (including phenoxy) is 1. The Morgan fingerprint density at radius 1 is 1.21 bits per heavy atom. The normalized spacial score (nSPS) is 12.1. The van der Waals surface area contributed by atoms with Crippen LogP contribution in [0.1, 0.15) is 27.2 Å². The van der Waals surface area contributed by atoms with Crippen LogP contribution in [0.5, 0.6) is 5.75 Å². The van der Waals surface area contributed by atoms with Crippen LogP contribution in [-0.2, 0) is 0 Å². The third-order valence-electron chi connectivity index (χ3n) is 2.34. The highest BCUT2D eigenvalue weighted by atomic mass is 16.5. The Labute approximate surface area is 116 Å². The van der Waals surface area contributed by atoms with E-state index in [9.17, 15) is 0 Å². The van der Waals surface area contributed by atoms with Gasteiger partial charge in [-0.15, -0.1) is 0 Å². The summed E-state index contributed by atoms with van der Waals surface area (Å²) in [5.74, 6) is 1.74. The molecule has 0 heterocycles. The molecule has 0 fully saturated rings. The van der Waals surface area contributed by atoms with Gasteiger partial charge in [0.2, 0.25) is 0 Å². The average molecular weight is 263 g/mol. The number of nitrogens with one attached hydrogen (secondary N) is 2. The molecule has 4 heteroatoms. The lowest BCUT2D eigenvalue weighted by Gasteiger charge is -2.23. The topological polar surface area (TPSA) is 45.7 Å². The number of guanidine groups is 1. The highest BCUT2D eigenvalue weighted by Crippen LogP contribution is 2.08. The van der Waals surface area contributed by atoms with Gasteiger partial charge in [0.05, 0.1) is 6.61 Å². The van der Waals surface area contributed by atoms with Gasteiger partial charge in [-0.1, -0.05) is 18.2 Å². The van der Waals surface area contributed by atoms with Crippen molar-refractivity contribution < 1.29 is 4.74 Å². The molecule has 19 heavy (non-hydrogen) atoms. The number of benzene rings is 1. The first-order chi connectivity index (χ1) is 9.01. The van der Waals surface area contributed by atoms with E-state index < -0.39 is 0 Å². The third-order valence-corrected chi connectivity index (χ3v) is 2.34. The monoisotopic (exact) mass is 263 g/mol. The van der Waals surface area contributed by atoms with Gasteiger partial charge in [-0.25, -0.2) is 0 Å². The summed E-state index contributed by atoms with van der Waals surface area (Å²) in [4.78, 5) is 4.18. The van der Waals surface area contributed by atoms with E-state index in [0.717, 1.165) is 24.7 Å². The minimum absolute atomic E-state index is 0.0163. The third kappa shape index (κ3) is 7.34. The largest absolute Gasteiger partial charge is 0.494 e. The summed E-state index contributed by atoms with van der Waals surface area (Å²) in [6, 6.07) is 9.86. The van der Waals surface area contributed by atoms with Crippen molar-refractivity contribution in [2.45, 2.75) is 32.7 Å². The van der Waals surface area contributed by atoms with E-state index in [1.165, 1.54) is 0 Å². The SMILES string of the molecule is CN=C(NCCCOc1ccccc1)NC(C)(C)C. The smallest absolute Gasteiger partial charge is 0.191 e. The van der Waals surface area contributed by atoms with Crippen molar-refractivity contribution in [3.8, 4) is 5.75 Å². The van der Waals surface area contributed by atoms with Crippen LogP contribution in [0.2, 0.25) is 0 Å². The van der Waals surface area contributed by atoms with Gasteiger partial charge < -0.3 is 15.4 Å². The first kappa shape index (κ1) is 15.3. The van der Waals surface area contributed by atoms with E-state index in [0.29, 0.717) is 6.61 Å². The lowest BCUT2D eigenvalue weighted by molar-refractivity contribution is 0.311. The summed E-state index contributed by atoms with van der Waals surface area (Å²) in [7, 11) is 1.78. The molecule has 1 rings (SSSR count). The zero-order chi connectivity index (χ0) is 14.1. The minimum atomic E-state index is 0.0163. The van der Waals surface area contributed by atoms with Gasteiger partial charge in [0.1, 0.15) is 5.75 Å². The number of para-hydroxylation sites is 1. The molecule has 0 amide bonds. The van der Waals surface area contributed by atoms with Crippen molar-refractivity contribution in [1.82, 2.24) is 10.6 Å². The maximum Gasteiger partial charge on any atom is 0.191 e. The number of hydrogen-bond donors (Lipinski definition) is 2. The van der Waals surface area contributed by atoms with Crippen molar-refractivity contribution in [2.75, 3.05) is 20.2 Å². The van der Waals surface area contributed by atoms with E-state index in [1.54, 1.807) is 7.05 Å². The molecule has 1 aromatic rings. The van der Waals surface area contributed by atoms with Crippen LogP contribution in [0.15, 0.2) is 35.3 Å². The van der Waals surface area contributed by atoms with E-state index in [4.69, 9.17) is 4.74 Å². The van der Waals surface area contributed by atoms with Crippen molar-refractivity contribution in [3.05, 3.63) is 30.3 Å². The second-order valence-electron chi connectivity index (χ2n) is 5.39. The Balaban J connectivity index is 2.16. The maximum absolute atomic E-state index is 5.62. The molecular weight excluding hydrogens is 238 g/mol. The van der Waals surface area contributed by atoms with Gasteiger partial charge in [-0.05, 0) is 39.3 Å². The quantitative estimate of drug-likeness (QED) is 0.487. The van der Waals surface area contributed by atoms with E-state index in [2.05, 4.69) is 36.4 Å². The van der Waals surface area contributed by atoms with Crippen molar-refractivity contribution in [3.63, 3.8) is 0 Å². The highest BCUT2D eigenvalue weighted by molar-refractivity contribution is 5.80. The van der Waals surface area contributed by atoms with Crippen molar-refractivity contribution in [2.24, 2.45) is 4.99 Å². The van der Waals surface area contributed by atoms with E-state index >= 15 is 0 Å². The van der Waals surface area contributed by atoms with Gasteiger partial charge in [0.15, 0.2) is 5.96 Å². The summed E-state index contributed by atoms with van der Waals surface area (Å²) in [6.45, 7) is 7.86. The summed E-state index contributed by atoms with van der Waals surface area (Å²) >= 11 is 0. The Kier molecular flexibility index (Phi) is 6.19. The summed E-state index contributed by atoms with van der Waals surface area (Å²) in [5, 5.41) is 6.58. The molecule has 0 aromatic heterocycles. The van der Waals surface area contributed by atoms with Crippen LogP contribution in [0, 0.1) is 0 Å². The molecule has 1 aromatic carbocycles. The van der Waals surface area contributed by atoms with Crippen LogP contribution in [0.4, 0.5) is 0 Å². The van der Waals surface area contributed by atoms with Crippen LogP contribution in [-0.4, -0.2) is 31.7 Å². The number of rotatable bonds is 5. The molecule has 0 spiro atoms. The molecule has 2 N–H and O–H groups in total. The highest BCUT2D eigenvalue weighted by Gasteiger charge is 2.10. The predicted molar refractivity (Wildman–Crippen MR) is 80.8 cm³/mol. The van der Waals surface area contributed by atoms with Gasteiger partial charge >= 0.3 is 0 Å². The zero-order valence-corrected chi connectivity index (χ0v) is 12.4. The second-order valence-corrected chi connectivity index (χ2v) is 5.39. The molecule has 106 valence electrons. The minimum Gasteiger partial charge on any atom is -0.494 e. The summed E-state index contributed by atoms with van der Waals surface area (Å²) in [5.41, 5.74) is 0.0163. The molecule has 0 saturated heterocycles. The molecule has 4 nitrogen and oxygen atoms in total. The number of hydrogen-bond acceptors (Lipinski definition) is 2. The molecule has 0 atom stereocenters. The van der Waals surface area contributed by atoms with Crippen LogP contribution in [0.3, 0.4) is 0 Å². The molecule has 0 radical (unpaired) electrons. The second kappa shape index (κ2) is 7.67. The fraction of sp³-hybridized carbons (Fsp3) is 0.533. The zero-order valence-electron chi connectivity index (χ0n) is 12.4. The van der Waals surface area contributed by atoms with Gasteiger partial charge in [-0.3, -0.25) is 4.99 Å². The molecule has 0 aliphatic rings. The van der Waals surface area contributed by atoms with Crippen LogP contribution >= 0.6 is 0 Å². The molecule has 0 saturated carbocycles. The van der Waals surface area contributed by atoms with E-state index in [1.807, 2.05) is 30.3 Å². The molecule has 0 bridgehead atoms. The first-order valence-electron chi connectivity index (χ1n) is 6.68. The Bertz CT molecular complexity index is 382. The van der Waals surface area contributed by atoms with Gasteiger partial charge in [0, 0.05) is 19.1 Å². The Morgan fingerprint density at radius 3 is 2.47 bits per heavy atom. The Morgan fingerprint density at radius 2 is 1.89 bits per heavy atom. The molecule has 0 aliphatic heterocycles. The molecular formula is C15H25N3O. The predicted octanol–water partition coefficient (Wildman–Crippen LogP) is 2.42. The standard InChI is InChI=1S/C15H25N3O/c1-15(2,3)18-14(16-4)17-11-8-12-19-13-9-6-5-7-10-13/h5-7,9-10H,8,11-12H2,1-4H3,(H2,16,17,18). The van der Waals surface area contributed by atoms with Crippen LogP contribution < -0.4 is 15.4 Å². The average Bonchev–Trinajstić information content (AvgIpc) is 2.37. The maximum atomic E-state index is 5.62. The van der Waals surface area contributed by atoms with Gasteiger partial charge in [0.25, 0.3) is 0 Å². The van der Waals surface area contributed by atoms with Crippen LogP contribution in [0.25, 0.3) is 0 Å². The number of nitrogens with zero attached hydrogens (tertiary/aromatic N) is 1. The summed E-state index contributed by atoms with van der Waals surface area (Å²) in [6.07, 6.45) is 0.930.